The Bertz CT molecular complexity index is 649. The SMILES string of the molecule is COc1ccc(N)c(-c2nnnn2C2CCC(C)(C)C2)c1. The Hall–Kier alpha value is -2.11. The summed E-state index contributed by atoms with van der Waals surface area (Å²) in [6.45, 7) is 4.58. The van der Waals surface area contributed by atoms with Crippen molar-refractivity contribution in [3.8, 4) is 17.1 Å². The maximum atomic E-state index is 6.09. The van der Waals surface area contributed by atoms with Crippen LogP contribution in [0.5, 0.6) is 5.75 Å². The van der Waals surface area contributed by atoms with E-state index in [4.69, 9.17) is 10.5 Å². The fourth-order valence-electron chi connectivity index (χ4n) is 3.08. The summed E-state index contributed by atoms with van der Waals surface area (Å²) in [6, 6.07) is 5.88. The Morgan fingerprint density at radius 1 is 1.38 bits per heavy atom. The molecule has 1 atom stereocenters. The van der Waals surface area contributed by atoms with Crippen molar-refractivity contribution in [2.24, 2.45) is 5.41 Å². The van der Waals surface area contributed by atoms with Crippen molar-refractivity contribution in [3.05, 3.63) is 18.2 Å². The third-order valence-electron chi connectivity index (χ3n) is 4.28. The van der Waals surface area contributed by atoms with E-state index in [0.717, 1.165) is 24.2 Å². The quantitative estimate of drug-likeness (QED) is 0.878. The van der Waals surface area contributed by atoms with Crippen molar-refractivity contribution in [2.75, 3.05) is 12.8 Å². The molecule has 2 aromatic rings. The molecule has 0 radical (unpaired) electrons. The summed E-state index contributed by atoms with van der Waals surface area (Å²) in [5.74, 6) is 1.47. The van der Waals surface area contributed by atoms with Gasteiger partial charge in [-0.05, 0) is 53.3 Å². The number of aromatic nitrogens is 4. The van der Waals surface area contributed by atoms with Gasteiger partial charge in [0.05, 0.1) is 13.2 Å². The van der Waals surface area contributed by atoms with Crippen LogP contribution in [-0.4, -0.2) is 27.3 Å². The minimum atomic E-state index is 0.329. The molecule has 1 aliphatic rings. The second-order valence-electron chi connectivity index (χ2n) is 6.46. The van der Waals surface area contributed by atoms with E-state index in [1.165, 1.54) is 6.42 Å². The number of hydrogen-bond donors (Lipinski definition) is 1. The molecular formula is C15H21N5O. The normalized spacial score (nSPS) is 20.6. The first-order valence-electron chi connectivity index (χ1n) is 7.22. The molecule has 21 heavy (non-hydrogen) atoms. The Morgan fingerprint density at radius 2 is 2.19 bits per heavy atom. The number of nitrogens with zero attached hydrogens (tertiary/aromatic N) is 4. The average molecular weight is 287 g/mol. The Morgan fingerprint density at radius 3 is 2.86 bits per heavy atom. The van der Waals surface area contributed by atoms with Crippen LogP contribution in [-0.2, 0) is 0 Å². The third kappa shape index (κ3) is 2.57. The number of anilines is 1. The van der Waals surface area contributed by atoms with Gasteiger partial charge in [-0.1, -0.05) is 13.8 Å². The molecule has 1 heterocycles. The maximum Gasteiger partial charge on any atom is 0.184 e. The first-order valence-corrected chi connectivity index (χ1v) is 7.22. The zero-order valence-electron chi connectivity index (χ0n) is 12.7. The number of rotatable bonds is 3. The zero-order valence-corrected chi connectivity index (χ0v) is 12.7. The molecule has 1 aromatic carbocycles. The van der Waals surface area contributed by atoms with Crippen LogP contribution in [0.25, 0.3) is 11.4 Å². The average Bonchev–Trinajstić information content (AvgIpc) is 3.05. The highest BCUT2D eigenvalue weighted by Gasteiger charge is 2.34. The molecule has 112 valence electrons. The van der Waals surface area contributed by atoms with Gasteiger partial charge in [-0.25, -0.2) is 4.68 Å². The second-order valence-corrected chi connectivity index (χ2v) is 6.46. The molecular weight excluding hydrogens is 266 g/mol. The molecule has 1 aliphatic carbocycles. The molecule has 6 nitrogen and oxygen atoms in total. The smallest absolute Gasteiger partial charge is 0.184 e. The van der Waals surface area contributed by atoms with Crippen molar-refractivity contribution in [2.45, 2.75) is 39.2 Å². The number of ether oxygens (including phenoxy) is 1. The highest BCUT2D eigenvalue weighted by molar-refractivity contribution is 5.73. The van der Waals surface area contributed by atoms with Gasteiger partial charge in [-0.2, -0.15) is 0 Å². The van der Waals surface area contributed by atoms with Gasteiger partial charge in [0.25, 0.3) is 0 Å². The lowest BCUT2D eigenvalue weighted by Gasteiger charge is -2.18. The Balaban J connectivity index is 2.00. The van der Waals surface area contributed by atoms with Gasteiger partial charge in [0.2, 0.25) is 0 Å². The van der Waals surface area contributed by atoms with Crippen molar-refractivity contribution in [1.29, 1.82) is 0 Å². The minimum Gasteiger partial charge on any atom is -0.497 e. The molecule has 2 N–H and O–H groups in total. The number of benzene rings is 1. The van der Waals surface area contributed by atoms with Crippen molar-refractivity contribution >= 4 is 5.69 Å². The molecule has 0 saturated heterocycles. The molecule has 1 aromatic heterocycles. The fourth-order valence-corrected chi connectivity index (χ4v) is 3.08. The molecule has 0 amide bonds. The Labute approximate surface area is 124 Å². The van der Waals surface area contributed by atoms with Crippen LogP contribution >= 0.6 is 0 Å². The summed E-state index contributed by atoms with van der Waals surface area (Å²) in [6.07, 6.45) is 3.36. The first-order chi connectivity index (χ1) is 10.00. The number of tetrazole rings is 1. The number of nitrogen functional groups attached to an aromatic ring is 1. The van der Waals surface area contributed by atoms with Gasteiger partial charge >= 0.3 is 0 Å². The molecule has 0 aliphatic heterocycles. The van der Waals surface area contributed by atoms with Gasteiger partial charge in [0, 0.05) is 11.3 Å². The van der Waals surface area contributed by atoms with Crippen molar-refractivity contribution in [1.82, 2.24) is 20.2 Å². The molecule has 1 fully saturated rings. The van der Waals surface area contributed by atoms with Gasteiger partial charge in [0.15, 0.2) is 5.82 Å². The summed E-state index contributed by atoms with van der Waals surface area (Å²) in [4.78, 5) is 0. The zero-order chi connectivity index (χ0) is 15.0. The maximum absolute atomic E-state index is 6.09. The summed E-state index contributed by atoms with van der Waals surface area (Å²) in [5, 5.41) is 12.2. The van der Waals surface area contributed by atoms with Gasteiger partial charge in [-0.3, -0.25) is 0 Å². The van der Waals surface area contributed by atoms with Crippen LogP contribution in [0.1, 0.15) is 39.2 Å². The van der Waals surface area contributed by atoms with Crippen molar-refractivity contribution < 1.29 is 4.74 Å². The van der Waals surface area contributed by atoms with Gasteiger partial charge in [-0.15, -0.1) is 5.10 Å². The standard InChI is InChI=1S/C15H21N5O/c1-15(2)7-6-10(9-15)20-14(17-18-19-20)12-8-11(21-3)4-5-13(12)16/h4-5,8,10H,6-7,9,16H2,1-3H3. The highest BCUT2D eigenvalue weighted by Crippen LogP contribution is 2.44. The topological polar surface area (TPSA) is 78.8 Å². The van der Waals surface area contributed by atoms with E-state index in [1.54, 1.807) is 7.11 Å². The molecule has 0 bridgehead atoms. The van der Waals surface area contributed by atoms with Crippen molar-refractivity contribution in [3.63, 3.8) is 0 Å². The Kier molecular flexibility index (Phi) is 3.31. The van der Waals surface area contributed by atoms with E-state index in [-0.39, 0.29) is 0 Å². The molecule has 3 rings (SSSR count). The number of methoxy groups -OCH3 is 1. The third-order valence-corrected chi connectivity index (χ3v) is 4.28. The highest BCUT2D eigenvalue weighted by atomic mass is 16.5. The lowest BCUT2D eigenvalue weighted by molar-refractivity contribution is 0.349. The van der Waals surface area contributed by atoms with Crippen LogP contribution in [0.3, 0.4) is 0 Å². The van der Waals surface area contributed by atoms with Crippen LogP contribution < -0.4 is 10.5 Å². The van der Waals surface area contributed by atoms with E-state index in [0.29, 0.717) is 23.0 Å². The molecule has 1 saturated carbocycles. The van der Waals surface area contributed by atoms with E-state index in [1.807, 2.05) is 22.9 Å². The summed E-state index contributed by atoms with van der Waals surface area (Å²) in [5.41, 5.74) is 7.91. The minimum absolute atomic E-state index is 0.329. The molecule has 6 heteroatoms. The molecule has 0 spiro atoms. The van der Waals surface area contributed by atoms with Crippen LogP contribution in [0.15, 0.2) is 18.2 Å². The summed E-state index contributed by atoms with van der Waals surface area (Å²) < 4.78 is 7.19. The van der Waals surface area contributed by atoms with E-state index in [9.17, 15) is 0 Å². The monoisotopic (exact) mass is 287 g/mol. The van der Waals surface area contributed by atoms with Gasteiger partial charge < -0.3 is 10.5 Å². The lowest BCUT2D eigenvalue weighted by atomic mass is 9.92. The lowest BCUT2D eigenvalue weighted by Crippen LogP contribution is -2.12. The summed E-state index contributed by atoms with van der Waals surface area (Å²) in [7, 11) is 1.64. The van der Waals surface area contributed by atoms with Crippen LogP contribution in [0, 0.1) is 5.41 Å². The molecule has 1 unspecified atom stereocenters. The largest absolute Gasteiger partial charge is 0.497 e. The summed E-state index contributed by atoms with van der Waals surface area (Å²) >= 11 is 0. The van der Waals surface area contributed by atoms with E-state index < -0.39 is 0 Å². The van der Waals surface area contributed by atoms with Crippen LogP contribution in [0.2, 0.25) is 0 Å². The predicted octanol–water partition coefficient (Wildman–Crippen LogP) is 2.68. The predicted molar refractivity (Wildman–Crippen MR) is 80.9 cm³/mol. The van der Waals surface area contributed by atoms with E-state index >= 15 is 0 Å². The van der Waals surface area contributed by atoms with Crippen LogP contribution in [0.4, 0.5) is 5.69 Å². The second kappa shape index (κ2) is 5.02. The van der Waals surface area contributed by atoms with E-state index in [2.05, 4.69) is 29.4 Å². The number of hydrogen-bond acceptors (Lipinski definition) is 5. The fraction of sp³-hybridized carbons (Fsp3) is 0.533. The first kappa shape index (κ1) is 13.9. The van der Waals surface area contributed by atoms with Gasteiger partial charge in [0.1, 0.15) is 5.75 Å². The number of nitrogens with two attached hydrogens (primary N) is 1.